The van der Waals surface area contributed by atoms with Gasteiger partial charge in [0.15, 0.2) is 5.79 Å². The van der Waals surface area contributed by atoms with Gasteiger partial charge in [-0.2, -0.15) is 0 Å². The number of hydrogen-bond donors (Lipinski definition) is 1. The van der Waals surface area contributed by atoms with Gasteiger partial charge in [-0.3, -0.25) is 0 Å². The topological polar surface area (TPSA) is 136 Å². The highest BCUT2D eigenvalue weighted by molar-refractivity contribution is 5.04. The number of fused-ring (bicyclic) bond motifs is 1. The van der Waals surface area contributed by atoms with Crippen LogP contribution in [0.4, 0.5) is 0 Å². The maximum atomic E-state index is 10.1. The second kappa shape index (κ2) is 4.64. The quantitative estimate of drug-likeness (QED) is 0.455. The molecule has 0 spiro atoms. The molecular formula is C9H14N6O3. The molecule has 0 radical (unpaired) electrons. The Bertz CT molecular complexity index is 428. The normalized spacial score (nSPS) is 41.4. The molecule has 2 aliphatic rings. The van der Waals surface area contributed by atoms with E-state index < -0.39 is 36.2 Å². The fourth-order valence-electron chi connectivity index (χ4n) is 2.48. The van der Waals surface area contributed by atoms with Crippen LogP contribution >= 0.6 is 0 Å². The second-order valence-electron chi connectivity index (χ2n) is 4.84. The molecule has 18 heavy (non-hydrogen) atoms. The van der Waals surface area contributed by atoms with Crippen molar-refractivity contribution in [1.82, 2.24) is 0 Å². The van der Waals surface area contributed by atoms with Gasteiger partial charge in [0.25, 0.3) is 0 Å². The molecule has 9 nitrogen and oxygen atoms in total. The Morgan fingerprint density at radius 3 is 2.28 bits per heavy atom. The maximum Gasteiger partial charge on any atom is 0.163 e. The lowest BCUT2D eigenvalue weighted by Gasteiger charge is -2.35. The van der Waals surface area contributed by atoms with Gasteiger partial charge in [-0.05, 0) is 31.3 Å². The van der Waals surface area contributed by atoms with E-state index in [1.807, 2.05) is 0 Å². The minimum absolute atomic E-state index is 0.246. The van der Waals surface area contributed by atoms with Crippen LogP contribution in [0.25, 0.3) is 20.9 Å². The van der Waals surface area contributed by atoms with Gasteiger partial charge < -0.3 is 14.6 Å². The molecule has 0 aromatic carbocycles. The van der Waals surface area contributed by atoms with Gasteiger partial charge >= 0.3 is 0 Å². The largest absolute Gasteiger partial charge is 0.390 e. The summed E-state index contributed by atoms with van der Waals surface area (Å²) in [5, 5.41) is 17.2. The molecule has 0 unspecified atom stereocenters. The summed E-state index contributed by atoms with van der Waals surface area (Å²) in [5.41, 5.74) is 17.0. The summed E-state index contributed by atoms with van der Waals surface area (Å²) in [6, 6.07) is -1.19. The molecule has 2 rings (SSSR count). The predicted octanol–water partition coefficient (Wildman–Crippen LogP) is 1.63. The average molecular weight is 254 g/mol. The van der Waals surface area contributed by atoms with Gasteiger partial charge in [-0.1, -0.05) is 10.2 Å². The van der Waals surface area contributed by atoms with Crippen LogP contribution in [0.2, 0.25) is 0 Å². The summed E-state index contributed by atoms with van der Waals surface area (Å²) in [5.74, 6) is -0.856. The lowest BCUT2D eigenvalue weighted by Crippen LogP contribution is -2.53. The van der Waals surface area contributed by atoms with Gasteiger partial charge in [0.2, 0.25) is 0 Å². The molecule has 0 amide bonds. The van der Waals surface area contributed by atoms with Gasteiger partial charge in [-0.25, -0.2) is 0 Å². The number of aliphatic hydroxyl groups is 1. The van der Waals surface area contributed by atoms with Crippen molar-refractivity contribution in [2.24, 2.45) is 10.2 Å². The smallest absolute Gasteiger partial charge is 0.163 e. The third-order valence-electron chi connectivity index (χ3n) is 3.16. The van der Waals surface area contributed by atoms with E-state index in [4.69, 9.17) is 20.5 Å². The first-order valence-corrected chi connectivity index (χ1v) is 5.60. The zero-order valence-corrected chi connectivity index (χ0v) is 10.0. The molecule has 1 N–H and O–H groups in total. The third kappa shape index (κ3) is 2.22. The lowest BCUT2D eigenvalue weighted by atomic mass is 9.85. The molecule has 9 heteroatoms. The molecule has 1 saturated heterocycles. The summed E-state index contributed by atoms with van der Waals surface area (Å²) < 4.78 is 11.2. The standard InChI is InChI=1S/C9H14N6O3/c1-9(2)17-7-5(13-15-11)3-4(12-14-10)6(16)8(7)18-9/h4-8,16H,3H2,1-2H3/t4-,5+,6+,7-,8-/m0/s1. The minimum atomic E-state index is -0.960. The van der Waals surface area contributed by atoms with E-state index in [1.165, 1.54) is 0 Å². The third-order valence-corrected chi connectivity index (χ3v) is 3.16. The zero-order chi connectivity index (χ0) is 13.3. The second-order valence-corrected chi connectivity index (χ2v) is 4.84. The van der Waals surface area contributed by atoms with Crippen molar-refractivity contribution in [3.8, 4) is 0 Å². The zero-order valence-electron chi connectivity index (χ0n) is 10.0. The lowest BCUT2D eigenvalue weighted by molar-refractivity contribution is -0.154. The summed E-state index contributed by atoms with van der Waals surface area (Å²) >= 11 is 0. The summed E-state index contributed by atoms with van der Waals surface area (Å²) in [7, 11) is 0. The van der Waals surface area contributed by atoms with Crippen molar-refractivity contribution >= 4 is 0 Å². The highest BCUT2D eigenvalue weighted by atomic mass is 16.8. The number of azide groups is 2. The van der Waals surface area contributed by atoms with E-state index >= 15 is 0 Å². The van der Waals surface area contributed by atoms with Crippen molar-refractivity contribution in [2.45, 2.75) is 56.5 Å². The molecule has 0 aromatic heterocycles. The van der Waals surface area contributed by atoms with Crippen LogP contribution in [0.15, 0.2) is 10.2 Å². The number of aliphatic hydroxyl groups excluding tert-OH is 1. The van der Waals surface area contributed by atoms with Gasteiger partial charge in [0.1, 0.15) is 6.10 Å². The van der Waals surface area contributed by atoms with Gasteiger partial charge in [0, 0.05) is 9.82 Å². The molecule has 1 saturated carbocycles. The predicted molar refractivity (Wildman–Crippen MR) is 60.3 cm³/mol. The Kier molecular flexibility index (Phi) is 3.34. The first-order valence-electron chi connectivity index (χ1n) is 5.60. The molecular weight excluding hydrogens is 240 g/mol. The van der Waals surface area contributed by atoms with Crippen molar-refractivity contribution in [3.05, 3.63) is 20.9 Å². The Hall–Kier alpha value is -1.50. The monoisotopic (exact) mass is 254 g/mol. The minimum Gasteiger partial charge on any atom is -0.390 e. The molecule has 1 aliphatic carbocycles. The number of ether oxygens (including phenoxy) is 2. The molecule has 2 fully saturated rings. The molecule has 1 heterocycles. The Morgan fingerprint density at radius 1 is 1.11 bits per heavy atom. The van der Waals surface area contributed by atoms with Gasteiger partial charge in [0.05, 0.1) is 24.3 Å². The van der Waals surface area contributed by atoms with E-state index in [0.29, 0.717) is 0 Å². The van der Waals surface area contributed by atoms with Crippen molar-refractivity contribution in [1.29, 1.82) is 0 Å². The highest BCUT2D eigenvalue weighted by Crippen LogP contribution is 2.39. The summed E-state index contributed by atoms with van der Waals surface area (Å²) in [6.07, 6.45) is -1.88. The van der Waals surface area contributed by atoms with Crippen molar-refractivity contribution < 1.29 is 14.6 Å². The van der Waals surface area contributed by atoms with E-state index in [0.717, 1.165) is 0 Å². The fraction of sp³-hybridized carbons (Fsp3) is 1.00. The summed E-state index contributed by atoms with van der Waals surface area (Å²) in [6.45, 7) is 3.43. The van der Waals surface area contributed by atoms with Crippen molar-refractivity contribution in [3.63, 3.8) is 0 Å². The molecule has 0 aromatic rings. The average Bonchev–Trinajstić information content (AvgIpc) is 2.62. The Labute approximate surface area is 103 Å². The Morgan fingerprint density at radius 2 is 1.67 bits per heavy atom. The van der Waals surface area contributed by atoms with E-state index in [9.17, 15) is 5.11 Å². The van der Waals surface area contributed by atoms with Gasteiger partial charge in [-0.15, -0.1) is 0 Å². The van der Waals surface area contributed by atoms with E-state index in [1.54, 1.807) is 13.8 Å². The fourth-order valence-corrected chi connectivity index (χ4v) is 2.48. The number of hydrogen-bond acceptors (Lipinski definition) is 5. The molecule has 98 valence electrons. The SMILES string of the molecule is CC1(C)O[C@@H]2[C@@H](O1)[C@H](O)[C@@H](N=[N+]=[N-])C[C@H]2N=[N+]=[N-]. The van der Waals surface area contributed by atoms with Crippen LogP contribution in [0.5, 0.6) is 0 Å². The van der Waals surface area contributed by atoms with Crippen LogP contribution in [-0.2, 0) is 9.47 Å². The van der Waals surface area contributed by atoms with Crippen LogP contribution < -0.4 is 0 Å². The Balaban J connectivity index is 2.29. The molecule has 1 aliphatic heterocycles. The first kappa shape index (κ1) is 12.9. The molecule has 0 bridgehead atoms. The van der Waals surface area contributed by atoms with Crippen molar-refractivity contribution in [2.75, 3.05) is 0 Å². The number of rotatable bonds is 2. The summed E-state index contributed by atoms with van der Waals surface area (Å²) in [4.78, 5) is 5.45. The van der Waals surface area contributed by atoms with Crippen LogP contribution in [0.3, 0.4) is 0 Å². The van der Waals surface area contributed by atoms with Crippen LogP contribution in [0.1, 0.15) is 20.3 Å². The van der Waals surface area contributed by atoms with E-state index in [-0.39, 0.29) is 6.42 Å². The maximum absolute atomic E-state index is 10.1. The van der Waals surface area contributed by atoms with E-state index in [2.05, 4.69) is 20.1 Å². The first-order chi connectivity index (χ1) is 8.48. The number of nitrogens with zero attached hydrogens (tertiary/aromatic N) is 6. The highest BCUT2D eigenvalue weighted by Gasteiger charge is 2.53. The van der Waals surface area contributed by atoms with Crippen LogP contribution in [0, 0.1) is 0 Å². The van der Waals surface area contributed by atoms with Crippen LogP contribution in [-0.4, -0.2) is 41.3 Å². The molecule has 5 atom stereocenters.